The molecule has 1 fully saturated rings. The zero-order chi connectivity index (χ0) is 4.86. The number of hydrogen-bond donors (Lipinski definition) is 3. The van der Waals surface area contributed by atoms with Crippen molar-refractivity contribution < 1.29 is 32.6 Å². The third-order valence-corrected chi connectivity index (χ3v) is 0.824. The first-order valence-corrected chi connectivity index (χ1v) is 3.06. The van der Waals surface area contributed by atoms with Crippen LogP contribution in [-0.4, -0.2) is 113 Å². The average molecular weight is 225 g/mol. The van der Waals surface area contributed by atoms with Crippen molar-refractivity contribution in [2.24, 2.45) is 0 Å². The first kappa shape index (κ1) is 18.3. The van der Waals surface area contributed by atoms with Crippen LogP contribution in [-0.2, 0) is 9.35 Å². The third-order valence-electron chi connectivity index (χ3n) is 0.275. The summed E-state index contributed by atoms with van der Waals surface area (Å²) in [7, 11) is -4.80. The van der Waals surface area contributed by atoms with Crippen molar-refractivity contribution in [1.82, 2.24) is 0 Å². The van der Waals surface area contributed by atoms with Crippen LogP contribution in [0.1, 0.15) is 8.56 Å². The van der Waals surface area contributed by atoms with Gasteiger partial charge in [-0.05, 0) is 0 Å². The van der Waals surface area contributed by atoms with Crippen LogP contribution in [0.3, 0.4) is 0 Å². The Morgan fingerprint density at radius 1 is 1.00 bits per heavy atom. The Balaban J connectivity index is -0.00000000571. The molecule has 1 heterocycles. The van der Waals surface area contributed by atoms with E-state index >= 15 is 0 Å². The Bertz CT molecular complexity index is 93.3. The molecule has 50 valence electrons. The van der Waals surface area contributed by atoms with Crippen LogP contribution in [0.15, 0.2) is 0 Å². The molecule has 0 amide bonds. The molecule has 0 bridgehead atoms. The van der Waals surface area contributed by atoms with E-state index in [1.54, 1.807) is 0 Å². The Labute approximate surface area is 136 Å². The van der Waals surface area contributed by atoms with Gasteiger partial charge in [0.1, 0.15) is 0 Å². The molecule has 1 saturated heterocycles. The van der Waals surface area contributed by atoms with E-state index < -0.39 is 7.74 Å². The molecule has 0 aliphatic carbocycles. The quantitative estimate of drug-likeness (QED) is 0.204. The second kappa shape index (κ2) is 5.29. The molecule has 1 rings (SSSR count). The average Bonchev–Trinajstić information content (AvgIpc) is 1.73. The van der Waals surface area contributed by atoms with Crippen molar-refractivity contribution in [2.45, 2.75) is 0 Å². The Kier molecular flexibility index (Phi) is 10.8. The van der Waals surface area contributed by atoms with Gasteiger partial charge in [0, 0.05) is 0 Å². The number of hydrogen-bond acceptors (Lipinski definition) is 5. The molecule has 0 unspecified atom stereocenters. The predicted octanol–water partition coefficient (Wildman–Crippen LogP) is -1.41. The van der Waals surface area contributed by atoms with Gasteiger partial charge in [-0.25, -0.2) is 0 Å². The molecule has 5 nitrogen and oxygen atoms in total. The monoisotopic (exact) mass is 224 g/mol. The van der Waals surface area contributed by atoms with E-state index in [1.165, 1.54) is 0 Å². The minimum atomic E-state index is -4.80. The van der Waals surface area contributed by atoms with Gasteiger partial charge in [-0.1, -0.05) is 0 Å². The van der Waals surface area contributed by atoms with Crippen molar-refractivity contribution >= 4 is 106 Å². The molecule has 1 aliphatic heterocycles. The topological polar surface area (TPSA) is 85.8 Å². The standard InChI is InChI=1S/2Ca.Mg.H3O5P.6H/c;;;1-6(2,3)4-5-6;;;;;;/h;;;1-3H;;;;;;/q3*+2;;6*-1. The van der Waals surface area contributed by atoms with Crippen molar-refractivity contribution in [2.75, 3.05) is 0 Å². The van der Waals surface area contributed by atoms with Crippen LogP contribution < -0.4 is 0 Å². The SMILES string of the molecule is OP1(O)(O)OO1.[Ca+2].[Ca+2].[H-].[H-].[H-].[H-].[H-].[H-].[Mg+2]. The molecule has 1 aliphatic rings. The molecular weight excluding hydrogens is 215 g/mol. The maximum atomic E-state index is 7.89. The van der Waals surface area contributed by atoms with Crippen LogP contribution in [0.4, 0.5) is 0 Å². The van der Waals surface area contributed by atoms with Gasteiger partial charge in [0.25, 0.3) is 0 Å². The summed E-state index contributed by atoms with van der Waals surface area (Å²) in [6.45, 7) is 0. The van der Waals surface area contributed by atoms with Gasteiger partial charge in [-0.2, -0.15) is 0 Å². The second-order valence-corrected chi connectivity index (χ2v) is 2.95. The van der Waals surface area contributed by atoms with Crippen LogP contribution >= 0.6 is 7.74 Å². The fourth-order valence-electron chi connectivity index (χ4n) is 0.0447. The Morgan fingerprint density at radius 3 is 1.11 bits per heavy atom. The van der Waals surface area contributed by atoms with Gasteiger partial charge in [-0.15, -0.1) is 0 Å². The van der Waals surface area contributed by atoms with Crippen molar-refractivity contribution in [3.05, 3.63) is 0 Å². The molecule has 9 heteroatoms. The van der Waals surface area contributed by atoms with Gasteiger partial charge in [-0.3, -0.25) is 0 Å². The molecular formula is H9Ca2MgO5P. The summed E-state index contributed by atoms with van der Waals surface area (Å²) in [6, 6.07) is 0. The fourth-order valence-corrected chi connectivity index (χ4v) is 0.402. The first-order valence-electron chi connectivity index (χ1n) is 1.13. The van der Waals surface area contributed by atoms with Crippen LogP contribution in [0.25, 0.3) is 0 Å². The molecule has 0 spiro atoms. The third kappa shape index (κ3) is 9.43. The zero-order valence-corrected chi connectivity index (χ0v) is 11.5. The van der Waals surface area contributed by atoms with E-state index in [9.17, 15) is 0 Å². The Hall–Kier alpha value is 3.52. The fraction of sp³-hybridized carbons (Fsp3) is 0. The maximum Gasteiger partial charge on any atom is 2.00 e. The van der Waals surface area contributed by atoms with Crippen LogP contribution in [0.5, 0.6) is 0 Å². The van der Waals surface area contributed by atoms with Crippen LogP contribution in [0.2, 0.25) is 0 Å². The van der Waals surface area contributed by atoms with Crippen molar-refractivity contribution in [3.63, 3.8) is 0 Å². The van der Waals surface area contributed by atoms with Gasteiger partial charge in [0.05, 0.1) is 0 Å². The van der Waals surface area contributed by atoms with E-state index in [0.29, 0.717) is 0 Å². The summed E-state index contributed by atoms with van der Waals surface area (Å²) in [5.41, 5.74) is 0. The minimum Gasteiger partial charge on any atom is -1.00 e. The van der Waals surface area contributed by atoms with Crippen molar-refractivity contribution in [1.29, 1.82) is 0 Å². The second-order valence-electron chi connectivity index (χ2n) is 0.982. The zero-order valence-electron chi connectivity index (χ0n) is 10.7. The molecule has 0 radical (unpaired) electrons. The molecule has 0 aromatic carbocycles. The van der Waals surface area contributed by atoms with Gasteiger partial charge in [0.2, 0.25) is 0 Å². The van der Waals surface area contributed by atoms with Crippen LogP contribution in [0, 0.1) is 0 Å². The summed E-state index contributed by atoms with van der Waals surface area (Å²) >= 11 is 0. The summed E-state index contributed by atoms with van der Waals surface area (Å²) in [5, 5.41) is 0. The summed E-state index contributed by atoms with van der Waals surface area (Å²) < 4.78 is 6.76. The summed E-state index contributed by atoms with van der Waals surface area (Å²) in [4.78, 5) is 23.7. The molecule has 0 aromatic heterocycles. The summed E-state index contributed by atoms with van der Waals surface area (Å²) in [5.74, 6) is 0. The smallest absolute Gasteiger partial charge is 1.00 e. The molecule has 9 heavy (non-hydrogen) atoms. The van der Waals surface area contributed by atoms with E-state index in [2.05, 4.69) is 9.35 Å². The van der Waals surface area contributed by atoms with Gasteiger partial charge < -0.3 is 8.56 Å². The largest absolute Gasteiger partial charge is 2.00 e. The Morgan fingerprint density at radius 2 is 1.11 bits per heavy atom. The molecule has 3 N–H and O–H groups in total. The van der Waals surface area contributed by atoms with E-state index in [-0.39, 0.29) is 107 Å². The van der Waals surface area contributed by atoms with Gasteiger partial charge in [0.15, 0.2) is 0 Å². The van der Waals surface area contributed by atoms with Crippen molar-refractivity contribution in [3.8, 4) is 0 Å². The summed E-state index contributed by atoms with van der Waals surface area (Å²) in [6.07, 6.45) is 0. The minimum absolute atomic E-state index is 0. The predicted molar refractivity (Wildman–Crippen MR) is 39.7 cm³/mol. The van der Waals surface area contributed by atoms with E-state index in [1.807, 2.05) is 0 Å². The number of rotatable bonds is 0. The van der Waals surface area contributed by atoms with E-state index in [4.69, 9.17) is 14.7 Å². The molecule has 0 aromatic rings. The van der Waals surface area contributed by atoms with E-state index in [0.717, 1.165) is 0 Å². The normalized spacial score (nSPS) is 28.6. The maximum absolute atomic E-state index is 7.89. The molecule has 0 saturated carbocycles. The molecule has 0 atom stereocenters. The van der Waals surface area contributed by atoms with Gasteiger partial charge >= 0.3 is 130 Å². The first-order chi connectivity index (χ1) is 2.47.